The van der Waals surface area contributed by atoms with E-state index in [1.165, 1.54) is 0 Å². The molecule has 4 nitrogen and oxygen atoms in total. The lowest BCUT2D eigenvalue weighted by Crippen LogP contribution is -2.45. The van der Waals surface area contributed by atoms with Gasteiger partial charge in [0.25, 0.3) is 0 Å². The zero-order chi connectivity index (χ0) is 16.0. The summed E-state index contributed by atoms with van der Waals surface area (Å²) in [6.07, 6.45) is 2.94. The van der Waals surface area contributed by atoms with E-state index >= 15 is 0 Å². The van der Waals surface area contributed by atoms with E-state index in [2.05, 4.69) is 18.6 Å². The topological polar surface area (TPSA) is 63.2 Å². The Morgan fingerprint density at radius 3 is 2.73 bits per heavy atom. The van der Waals surface area contributed by atoms with Gasteiger partial charge in [0.05, 0.1) is 5.75 Å². The summed E-state index contributed by atoms with van der Waals surface area (Å²) in [6, 6.07) is 2.00. The van der Waals surface area contributed by atoms with Gasteiger partial charge in [0.2, 0.25) is 10.0 Å². The third-order valence-electron chi connectivity index (χ3n) is 5.89. The van der Waals surface area contributed by atoms with Crippen LogP contribution < -0.4 is 4.72 Å². The standard InChI is InChI=1S/C16H23NO3S2/c1-15(2)13-3-6-16(15,14(18)9-13)11-22(19,20)17-7-4-12-5-8-21-10-12/h5,8,10,13,17H,3-4,6-7,9,11H2,1-2H3/t13-,16-/m0/s1. The molecule has 0 amide bonds. The molecule has 1 heterocycles. The van der Waals surface area contributed by atoms with E-state index in [1.54, 1.807) is 11.3 Å². The van der Waals surface area contributed by atoms with Crippen LogP contribution in [0.4, 0.5) is 0 Å². The molecule has 0 unspecified atom stereocenters. The van der Waals surface area contributed by atoms with Crippen molar-refractivity contribution in [3.05, 3.63) is 22.4 Å². The summed E-state index contributed by atoms with van der Waals surface area (Å²) in [6.45, 7) is 4.53. The number of nitrogens with one attached hydrogen (secondary N) is 1. The van der Waals surface area contributed by atoms with E-state index in [-0.39, 0.29) is 17.0 Å². The molecular weight excluding hydrogens is 318 g/mol. The highest BCUT2D eigenvalue weighted by atomic mass is 32.2. The van der Waals surface area contributed by atoms with Crippen LogP contribution in [0, 0.1) is 16.7 Å². The van der Waals surface area contributed by atoms with Crippen LogP contribution in [0.3, 0.4) is 0 Å². The van der Waals surface area contributed by atoms with Gasteiger partial charge in [-0.3, -0.25) is 4.79 Å². The van der Waals surface area contributed by atoms with Crippen molar-refractivity contribution in [1.82, 2.24) is 4.72 Å². The van der Waals surface area contributed by atoms with Crippen LogP contribution in [0.15, 0.2) is 16.8 Å². The lowest BCUT2D eigenvalue weighted by molar-refractivity contribution is -0.128. The lowest BCUT2D eigenvalue weighted by Gasteiger charge is -2.36. The molecule has 0 aromatic carbocycles. The normalized spacial score (nSPS) is 30.1. The number of sulfonamides is 1. The number of carbonyl (C=O) groups excluding carboxylic acids is 1. The number of thiophene rings is 1. The molecule has 2 atom stereocenters. The monoisotopic (exact) mass is 341 g/mol. The Hall–Kier alpha value is -0.720. The van der Waals surface area contributed by atoms with Gasteiger partial charge in [-0.05, 0) is 53.0 Å². The molecule has 3 rings (SSSR count). The maximum absolute atomic E-state index is 12.5. The second-order valence-corrected chi connectivity index (χ2v) is 9.79. The maximum atomic E-state index is 12.5. The minimum atomic E-state index is -3.43. The van der Waals surface area contributed by atoms with Crippen LogP contribution in [0.5, 0.6) is 0 Å². The fourth-order valence-electron chi connectivity index (χ4n) is 4.27. The molecule has 2 aliphatic carbocycles. The third kappa shape index (κ3) is 2.55. The van der Waals surface area contributed by atoms with Crippen LogP contribution in [0.1, 0.15) is 38.7 Å². The summed E-state index contributed by atoms with van der Waals surface area (Å²) in [7, 11) is -3.43. The molecule has 2 saturated carbocycles. The fraction of sp³-hybridized carbons (Fsp3) is 0.688. The summed E-state index contributed by atoms with van der Waals surface area (Å²) in [5.74, 6) is 0.448. The van der Waals surface area contributed by atoms with Gasteiger partial charge in [0.1, 0.15) is 5.78 Å². The summed E-state index contributed by atoms with van der Waals surface area (Å²) in [4.78, 5) is 12.4. The van der Waals surface area contributed by atoms with Gasteiger partial charge >= 0.3 is 0 Å². The molecule has 2 aliphatic rings. The van der Waals surface area contributed by atoms with Crippen molar-refractivity contribution in [3.8, 4) is 0 Å². The van der Waals surface area contributed by atoms with E-state index in [4.69, 9.17) is 0 Å². The van der Waals surface area contributed by atoms with Crippen LogP contribution in [0.25, 0.3) is 0 Å². The van der Waals surface area contributed by atoms with E-state index in [9.17, 15) is 13.2 Å². The number of rotatable bonds is 6. The largest absolute Gasteiger partial charge is 0.299 e. The quantitative estimate of drug-likeness (QED) is 0.865. The molecule has 1 aromatic rings. The first-order chi connectivity index (χ1) is 10.3. The van der Waals surface area contributed by atoms with Crippen molar-refractivity contribution in [2.24, 2.45) is 16.7 Å². The summed E-state index contributed by atoms with van der Waals surface area (Å²) in [5.41, 5.74) is 0.266. The first-order valence-electron chi connectivity index (χ1n) is 7.79. The first-order valence-corrected chi connectivity index (χ1v) is 10.4. The summed E-state index contributed by atoms with van der Waals surface area (Å²) in [5, 5.41) is 4.01. The molecule has 2 bridgehead atoms. The SMILES string of the molecule is CC1(C)[C@H]2CC[C@]1(CS(=O)(=O)NCCc1ccsc1)C(=O)C2. The molecule has 0 radical (unpaired) electrons. The Bertz CT molecular complexity index is 664. The summed E-state index contributed by atoms with van der Waals surface area (Å²) < 4.78 is 27.6. The van der Waals surface area contributed by atoms with Crippen LogP contribution >= 0.6 is 11.3 Å². The minimum Gasteiger partial charge on any atom is -0.299 e. The highest BCUT2D eigenvalue weighted by Gasteiger charge is 2.65. The van der Waals surface area contributed by atoms with E-state index < -0.39 is 15.4 Å². The zero-order valence-electron chi connectivity index (χ0n) is 13.1. The maximum Gasteiger partial charge on any atom is 0.212 e. The highest BCUT2D eigenvalue weighted by molar-refractivity contribution is 7.89. The Labute approximate surface area is 136 Å². The third-order valence-corrected chi connectivity index (χ3v) is 8.14. The van der Waals surface area contributed by atoms with Crippen molar-refractivity contribution in [2.45, 2.75) is 39.5 Å². The molecule has 22 heavy (non-hydrogen) atoms. The van der Waals surface area contributed by atoms with Gasteiger partial charge in [0, 0.05) is 18.4 Å². The van der Waals surface area contributed by atoms with Crippen molar-refractivity contribution in [3.63, 3.8) is 0 Å². The number of Topliss-reactive ketones (excluding diaryl/α,β-unsaturated/α-hetero) is 1. The molecule has 0 saturated heterocycles. The van der Waals surface area contributed by atoms with Crippen LogP contribution in [-0.4, -0.2) is 26.5 Å². The number of fused-ring (bicyclic) bond motifs is 2. The van der Waals surface area contributed by atoms with E-state index in [0.717, 1.165) is 18.4 Å². The van der Waals surface area contributed by atoms with Gasteiger partial charge in [-0.15, -0.1) is 0 Å². The average molecular weight is 341 g/mol. The van der Waals surface area contributed by atoms with E-state index in [0.29, 0.717) is 25.3 Å². The summed E-state index contributed by atoms with van der Waals surface area (Å²) >= 11 is 1.61. The molecule has 1 N–H and O–H groups in total. The highest BCUT2D eigenvalue weighted by Crippen LogP contribution is 2.64. The van der Waals surface area contributed by atoms with Gasteiger partial charge < -0.3 is 0 Å². The number of hydrogen-bond donors (Lipinski definition) is 1. The number of hydrogen-bond acceptors (Lipinski definition) is 4. The Morgan fingerprint density at radius 1 is 1.41 bits per heavy atom. The average Bonchev–Trinajstić information content (AvgIpc) is 3.04. The van der Waals surface area contributed by atoms with E-state index in [1.807, 2.05) is 16.8 Å². The van der Waals surface area contributed by atoms with Crippen LogP contribution in [-0.2, 0) is 21.2 Å². The van der Waals surface area contributed by atoms with Gasteiger partial charge in [-0.2, -0.15) is 11.3 Å². The molecule has 0 aliphatic heterocycles. The number of carbonyl (C=O) groups is 1. The van der Waals surface area contributed by atoms with Crippen molar-refractivity contribution in [1.29, 1.82) is 0 Å². The molecule has 0 spiro atoms. The molecule has 6 heteroatoms. The van der Waals surface area contributed by atoms with Crippen molar-refractivity contribution < 1.29 is 13.2 Å². The zero-order valence-corrected chi connectivity index (χ0v) is 14.7. The van der Waals surface area contributed by atoms with Crippen molar-refractivity contribution >= 4 is 27.1 Å². The Morgan fingerprint density at radius 2 is 2.18 bits per heavy atom. The fourth-order valence-corrected chi connectivity index (χ4v) is 6.81. The van der Waals surface area contributed by atoms with Crippen molar-refractivity contribution in [2.75, 3.05) is 12.3 Å². The minimum absolute atomic E-state index is 0.0496. The van der Waals surface area contributed by atoms with Gasteiger partial charge in [0.15, 0.2) is 0 Å². The lowest BCUT2D eigenvalue weighted by atomic mass is 9.70. The molecule has 1 aromatic heterocycles. The predicted molar refractivity (Wildman–Crippen MR) is 88.4 cm³/mol. The van der Waals surface area contributed by atoms with Crippen LogP contribution in [0.2, 0.25) is 0 Å². The second kappa shape index (κ2) is 5.42. The molecule has 2 fully saturated rings. The second-order valence-electron chi connectivity index (χ2n) is 7.20. The number of ketones is 1. The van der Waals surface area contributed by atoms with Gasteiger partial charge in [-0.25, -0.2) is 13.1 Å². The molecular formula is C16H23NO3S2. The smallest absolute Gasteiger partial charge is 0.212 e. The predicted octanol–water partition coefficient (Wildman–Crippen LogP) is 2.61. The first kappa shape index (κ1) is 16.1. The van der Waals surface area contributed by atoms with Gasteiger partial charge in [-0.1, -0.05) is 13.8 Å². The Kier molecular flexibility index (Phi) is 3.98. The molecule has 122 valence electrons. The Balaban J connectivity index is 1.67.